The van der Waals surface area contributed by atoms with Crippen LogP contribution < -0.4 is 4.90 Å². The van der Waals surface area contributed by atoms with E-state index in [9.17, 15) is 9.59 Å². The molecule has 0 bridgehead atoms. The minimum absolute atomic E-state index is 0.280. The number of nitrogens with zero attached hydrogens (tertiary/aromatic N) is 1. The minimum Gasteiger partial charge on any atom is -0.268 e. The summed E-state index contributed by atoms with van der Waals surface area (Å²) in [7, 11) is 0. The molecule has 4 rings (SSSR count). The van der Waals surface area contributed by atoms with Gasteiger partial charge in [-0.2, -0.15) is 0 Å². The van der Waals surface area contributed by atoms with Crippen LogP contribution in [0.25, 0.3) is 5.57 Å². The summed E-state index contributed by atoms with van der Waals surface area (Å²) in [6.45, 7) is 0. The van der Waals surface area contributed by atoms with Crippen molar-refractivity contribution in [3.8, 4) is 0 Å². The molecule has 5 heteroatoms. The Bertz CT molecular complexity index is 925. The molecule has 25 heavy (non-hydrogen) atoms. The van der Waals surface area contributed by atoms with E-state index in [4.69, 9.17) is 0 Å². The van der Waals surface area contributed by atoms with Gasteiger partial charge in [0.1, 0.15) is 3.23 Å². The van der Waals surface area contributed by atoms with Crippen LogP contribution in [-0.2, 0) is 0 Å². The maximum Gasteiger partial charge on any atom is 0.266 e. The van der Waals surface area contributed by atoms with Gasteiger partial charge in [-0.25, -0.2) is 4.90 Å². The van der Waals surface area contributed by atoms with Crippen molar-refractivity contribution in [1.29, 1.82) is 0 Å². The summed E-state index contributed by atoms with van der Waals surface area (Å²) in [6, 6.07) is 14.4. The van der Waals surface area contributed by atoms with E-state index >= 15 is 0 Å². The molecular weight excluding hydrogens is 446 g/mol. The van der Waals surface area contributed by atoms with Gasteiger partial charge in [0, 0.05) is 5.56 Å². The molecule has 0 saturated carbocycles. The van der Waals surface area contributed by atoms with Crippen molar-refractivity contribution in [1.82, 2.24) is 0 Å². The first-order valence-corrected chi connectivity index (χ1v) is 9.41. The van der Waals surface area contributed by atoms with E-state index in [0.29, 0.717) is 16.8 Å². The lowest BCUT2D eigenvalue weighted by Gasteiger charge is -2.23. The summed E-state index contributed by atoms with van der Waals surface area (Å²) >= 11 is 7.25. The number of para-hydroxylation sites is 1. The van der Waals surface area contributed by atoms with Gasteiger partial charge in [0.2, 0.25) is 0 Å². The molecular formula is C20H13Br2NO2. The van der Waals surface area contributed by atoms with Gasteiger partial charge in [-0.15, -0.1) is 0 Å². The molecule has 0 fully saturated rings. The molecule has 1 heterocycles. The molecule has 0 aromatic heterocycles. The van der Waals surface area contributed by atoms with Crippen LogP contribution in [0, 0.1) is 0 Å². The van der Waals surface area contributed by atoms with Gasteiger partial charge >= 0.3 is 0 Å². The second-order valence-corrected chi connectivity index (χ2v) is 9.87. The third kappa shape index (κ3) is 2.81. The molecule has 0 N–H and O–H groups in total. The Kier molecular flexibility index (Phi) is 4.01. The quantitative estimate of drug-likeness (QED) is 0.451. The van der Waals surface area contributed by atoms with Crippen LogP contribution in [0.1, 0.15) is 32.7 Å². The third-order valence-corrected chi connectivity index (χ3v) is 5.41. The molecule has 2 amide bonds. The number of hydrogen-bond donors (Lipinski definition) is 0. The first-order chi connectivity index (χ1) is 12.0. The van der Waals surface area contributed by atoms with Crippen LogP contribution in [0.15, 0.2) is 66.8 Å². The van der Waals surface area contributed by atoms with E-state index in [0.717, 1.165) is 17.6 Å². The van der Waals surface area contributed by atoms with Crippen LogP contribution in [0.3, 0.4) is 0 Å². The Hall–Kier alpha value is -1.98. The van der Waals surface area contributed by atoms with Gasteiger partial charge in [0.05, 0.1) is 16.8 Å². The van der Waals surface area contributed by atoms with E-state index in [1.807, 2.05) is 36.4 Å². The average Bonchev–Trinajstić information content (AvgIpc) is 2.85. The molecule has 0 unspecified atom stereocenters. The van der Waals surface area contributed by atoms with Gasteiger partial charge < -0.3 is 0 Å². The molecule has 2 aliphatic rings. The lowest BCUT2D eigenvalue weighted by molar-refractivity contribution is 0.0926. The molecule has 0 radical (unpaired) electrons. The Morgan fingerprint density at radius 2 is 1.40 bits per heavy atom. The Balaban J connectivity index is 1.84. The number of alkyl halides is 2. The first-order valence-electron chi connectivity index (χ1n) is 7.82. The maximum absolute atomic E-state index is 12.8. The average molecular weight is 459 g/mol. The predicted octanol–water partition coefficient (Wildman–Crippen LogP) is 5.32. The molecule has 1 aliphatic carbocycles. The molecule has 2 aromatic carbocycles. The van der Waals surface area contributed by atoms with Crippen molar-refractivity contribution in [3.05, 3.63) is 83.4 Å². The molecule has 1 aliphatic heterocycles. The number of hydrogen-bond acceptors (Lipinski definition) is 2. The van der Waals surface area contributed by atoms with E-state index in [1.165, 1.54) is 4.90 Å². The van der Waals surface area contributed by atoms with Crippen molar-refractivity contribution in [2.45, 2.75) is 9.65 Å². The largest absolute Gasteiger partial charge is 0.268 e. The molecule has 0 saturated heterocycles. The van der Waals surface area contributed by atoms with Crippen molar-refractivity contribution in [3.63, 3.8) is 0 Å². The topological polar surface area (TPSA) is 37.4 Å². The number of fused-ring (bicyclic) bond motifs is 1. The molecule has 0 spiro atoms. The number of rotatable bonds is 2. The number of anilines is 1. The summed E-state index contributed by atoms with van der Waals surface area (Å²) < 4.78 is -0.320. The fourth-order valence-corrected chi connectivity index (χ4v) is 4.03. The van der Waals surface area contributed by atoms with E-state index in [-0.39, 0.29) is 15.0 Å². The summed E-state index contributed by atoms with van der Waals surface area (Å²) in [4.78, 5) is 26.9. The summed E-state index contributed by atoms with van der Waals surface area (Å²) in [6.07, 6.45) is 6.92. The molecule has 0 atom stereocenters. The number of benzene rings is 2. The second-order valence-electron chi connectivity index (χ2n) is 5.98. The van der Waals surface area contributed by atoms with Crippen LogP contribution in [-0.4, -0.2) is 15.0 Å². The summed E-state index contributed by atoms with van der Waals surface area (Å²) in [5, 5.41) is 0. The Morgan fingerprint density at radius 1 is 0.840 bits per heavy atom. The van der Waals surface area contributed by atoms with Crippen LogP contribution >= 0.6 is 31.9 Å². The van der Waals surface area contributed by atoms with Crippen LogP contribution in [0.5, 0.6) is 0 Å². The monoisotopic (exact) mass is 457 g/mol. The SMILES string of the molecule is O=C1c2ccccc2C(=O)N1c1ccccc1C1=CC(Br)(Br)CC=C1. The summed E-state index contributed by atoms with van der Waals surface area (Å²) in [5.41, 5.74) is 3.29. The third-order valence-electron chi connectivity index (χ3n) is 4.30. The highest BCUT2D eigenvalue weighted by atomic mass is 79.9. The number of carbonyl (C=O) groups excluding carboxylic acids is 2. The summed E-state index contributed by atoms with van der Waals surface area (Å²) in [5.74, 6) is -0.560. The van der Waals surface area contributed by atoms with E-state index in [1.54, 1.807) is 24.3 Å². The molecule has 3 nitrogen and oxygen atoms in total. The standard InChI is InChI=1S/C20H13Br2NO2/c21-20(22)11-5-6-13(12-20)14-7-3-4-10-17(14)23-18(24)15-8-1-2-9-16(15)19(23)25/h1-10,12H,11H2. The van der Waals surface area contributed by atoms with Gasteiger partial charge in [0.25, 0.3) is 11.8 Å². The van der Waals surface area contributed by atoms with E-state index in [2.05, 4.69) is 37.9 Å². The molecule has 124 valence electrons. The number of imide groups is 1. The number of carbonyl (C=O) groups is 2. The first kappa shape index (κ1) is 16.5. The van der Waals surface area contributed by atoms with Gasteiger partial charge in [-0.3, -0.25) is 9.59 Å². The predicted molar refractivity (Wildman–Crippen MR) is 106 cm³/mol. The molecule has 2 aromatic rings. The second kappa shape index (κ2) is 6.07. The zero-order valence-electron chi connectivity index (χ0n) is 13.1. The van der Waals surface area contributed by atoms with Gasteiger partial charge in [-0.1, -0.05) is 74.3 Å². The van der Waals surface area contributed by atoms with Gasteiger partial charge in [-0.05, 0) is 36.3 Å². The Morgan fingerprint density at radius 3 is 2.00 bits per heavy atom. The highest BCUT2D eigenvalue weighted by Crippen LogP contribution is 2.41. The fraction of sp³-hybridized carbons (Fsp3) is 0.100. The van der Waals surface area contributed by atoms with Gasteiger partial charge in [0.15, 0.2) is 0 Å². The van der Waals surface area contributed by atoms with Crippen molar-refractivity contribution in [2.75, 3.05) is 4.90 Å². The Labute approximate surface area is 162 Å². The lowest BCUT2D eigenvalue weighted by Crippen LogP contribution is -2.30. The van der Waals surface area contributed by atoms with E-state index < -0.39 is 0 Å². The normalized spacial score (nSPS) is 18.3. The fourth-order valence-electron chi connectivity index (χ4n) is 3.17. The van der Waals surface area contributed by atoms with Crippen molar-refractivity contribution >= 4 is 54.9 Å². The lowest BCUT2D eigenvalue weighted by atomic mass is 9.97. The number of amides is 2. The van der Waals surface area contributed by atoms with Crippen molar-refractivity contribution in [2.24, 2.45) is 0 Å². The zero-order valence-corrected chi connectivity index (χ0v) is 16.2. The van der Waals surface area contributed by atoms with Crippen LogP contribution in [0.4, 0.5) is 5.69 Å². The zero-order chi connectivity index (χ0) is 17.6. The number of allylic oxidation sites excluding steroid dienone is 4. The highest BCUT2D eigenvalue weighted by Gasteiger charge is 2.37. The maximum atomic E-state index is 12.8. The van der Waals surface area contributed by atoms with Crippen molar-refractivity contribution < 1.29 is 9.59 Å². The highest BCUT2D eigenvalue weighted by molar-refractivity contribution is 9.25. The number of halogens is 2. The van der Waals surface area contributed by atoms with Crippen LogP contribution in [0.2, 0.25) is 0 Å². The minimum atomic E-state index is -0.320. The smallest absolute Gasteiger partial charge is 0.266 e.